The van der Waals surface area contributed by atoms with E-state index in [0.717, 1.165) is 45.1 Å². The van der Waals surface area contributed by atoms with Crippen LogP contribution in [0.3, 0.4) is 0 Å². The van der Waals surface area contributed by atoms with Crippen LogP contribution in [0.25, 0.3) is 0 Å². The van der Waals surface area contributed by atoms with E-state index in [2.05, 4.69) is 37.6 Å². The Morgan fingerprint density at radius 2 is 1.91 bits per heavy atom. The van der Waals surface area contributed by atoms with Crippen molar-refractivity contribution in [3.63, 3.8) is 0 Å². The predicted octanol–water partition coefficient (Wildman–Crippen LogP) is 1.29. The van der Waals surface area contributed by atoms with Crippen molar-refractivity contribution in [3.05, 3.63) is 12.2 Å². The smallest absolute Gasteiger partial charge is 0.234 e. The Labute approximate surface area is 157 Å². The van der Waals surface area contributed by atoms with Crippen LogP contribution in [-0.4, -0.2) is 74.0 Å². The summed E-state index contributed by atoms with van der Waals surface area (Å²) < 4.78 is 0. The standard InChI is InChI=1S/C16H31N5O.HI/c1-5-6-7-8-18-16(17-4)21-11-9-20(10-12-21)13-15(22)19-14(2)3;/h5-6,14H,7-13H2,1-4H3,(H,17,18)(H,19,22);1H. The fourth-order valence-corrected chi connectivity index (χ4v) is 2.45. The van der Waals surface area contributed by atoms with Gasteiger partial charge in [0.2, 0.25) is 5.91 Å². The molecule has 1 aliphatic rings. The summed E-state index contributed by atoms with van der Waals surface area (Å²) in [5.41, 5.74) is 0. The molecule has 0 aromatic heterocycles. The summed E-state index contributed by atoms with van der Waals surface area (Å²) in [5.74, 6) is 1.06. The highest BCUT2D eigenvalue weighted by molar-refractivity contribution is 14.0. The Hall–Kier alpha value is -0.830. The van der Waals surface area contributed by atoms with Gasteiger partial charge in [-0.15, -0.1) is 24.0 Å². The van der Waals surface area contributed by atoms with Crippen molar-refractivity contribution in [1.82, 2.24) is 20.4 Å². The minimum absolute atomic E-state index is 0. The normalized spacial score (nSPS) is 16.6. The maximum Gasteiger partial charge on any atom is 0.234 e. The first-order valence-electron chi connectivity index (χ1n) is 8.15. The van der Waals surface area contributed by atoms with Crippen LogP contribution >= 0.6 is 24.0 Å². The number of halogens is 1. The Morgan fingerprint density at radius 1 is 1.26 bits per heavy atom. The van der Waals surface area contributed by atoms with E-state index in [1.807, 2.05) is 27.8 Å². The van der Waals surface area contributed by atoms with Gasteiger partial charge in [0.15, 0.2) is 5.96 Å². The van der Waals surface area contributed by atoms with E-state index in [1.54, 1.807) is 0 Å². The Bertz CT molecular complexity index is 390. The van der Waals surface area contributed by atoms with Crippen molar-refractivity contribution in [2.24, 2.45) is 4.99 Å². The number of allylic oxidation sites excluding steroid dienone is 1. The number of carbonyl (C=O) groups excluding carboxylic acids is 1. The number of hydrogen-bond donors (Lipinski definition) is 2. The molecular formula is C16H32IN5O. The van der Waals surface area contributed by atoms with Gasteiger partial charge >= 0.3 is 0 Å². The van der Waals surface area contributed by atoms with Crippen LogP contribution in [0, 0.1) is 0 Å². The minimum Gasteiger partial charge on any atom is -0.356 e. The van der Waals surface area contributed by atoms with E-state index < -0.39 is 0 Å². The van der Waals surface area contributed by atoms with Gasteiger partial charge in [0.25, 0.3) is 0 Å². The zero-order chi connectivity index (χ0) is 16.4. The molecule has 134 valence electrons. The highest BCUT2D eigenvalue weighted by Gasteiger charge is 2.21. The van der Waals surface area contributed by atoms with Crippen molar-refractivity contribution in [2.75, 3.05) is 46.3 Å². The van der Waals surface area contributed by atoms with E-state index >= 15 is 0 Å². The van der Waals surface area contributed by atoms with Crippen molar-refractivity contribution in [1.29, 1.82) is 0 Å². The van der Waals surface area contributed by atoms with Crippen molar-refractivity contribution >= 4 is 35.8 Å². The maximum absolute atomic E-state index is 11.8. The van der Waals surface area contributed by atoms with Gasteiger partial charge in [-0.25, -0.2) is 0 Å². The molecule has 0 aromatic carbocycles. The third-order valence-corrected chi connectivity index (χ3v) is 3.53. The molecule has 23 heavy (non-hydrogen) atoms. The van der Waals surface area contributed by atoms with Gasteiger partial charge in [0, 0.05) is 45.8 Å². The van der Waals surface area contributed by atoms with Gasteiger partial charge in [0.1, 0.15) is 0 Å². The summed E-state index contributed by atoms with van der Waals surface area (Å²) in [5, 5.41) is 6.32. The van der Waals surface area contributed by atoms with E-state index in [9.17, 15) is 4.79 Å². The van der Waals surface area contributed by atoms with Crippen LogP contribution < -0.4 is 10.6 Å². The van der Waals surface area contributed by atoms with Gasteiger partial charge < -0.3 is 15.5 Å². The molecule has 0 bridgehead atoms. The summed E-state index contributed by atoms with van der Waals surface area (Å²) in [4.78, 5) is 20.6. The second kappa shape index (κ2) is 12.6. The summed E-state index contributed by atoms with van der Waals surface area (Å²) in [6.07, 6.45) is 5.21. The molecule has 0 atom stereocenters. The van der Waals surface area contributed by atoms with Gasteiger partial charge in [-0.2, -0.15) is 0 Å². The molecule has 1 rings (SSSR count). The van der Waals surface area contributed by atoms with E-state index in [1.165, 1.54) is 0 Å². The third kappa shape index (κ3) is 9.14. The first-order chi connectivity index (χ1) is 10.6. The molecule has 1 saturated heterocycles. The minimum atomic E-state index is 0. The SMILES string of the molecule is CC=CCCNC(=NC)N1CCN(CC(=O)NC(C)C)CC1.I. The zero-order valence-corrected chi connectivity index (χ0v) is 17.2. The quantitative estimate of drug-likeness (QED) is 0.216. The molecular weight excluding hydrogens is 405 g/mol. The number of nitrogens with zero attached hydrogens (tertiary/aromatic N) is 3. The average molecular weight is 437 g/mol. The molecule has 2 N–H and O–H groups in total. The number of guanidine groups is 1. The molecule has 1 fully saturated rings. The van der Waals surface area contributed by atoms with E-state index in [4.69, 9.17) is 0 Å². The lowest BCUT2D eigenvalue weighted by Gasteiger charge is -2.36. The Kier molecular flexibility index (Phi) is 12.1. The zero-order valence-electron chi connectivity index (χ0n) is 14.8. The van der Waals surface area contributed by atoms with E-state index in [-0.39, 0.29) is 35.9 Å². The molecule has 0 aliphatic carbocycles. The highest BCUT2D eigenvalue weighted by atomic mass is 127. The van der Waals surface area contributed by atoms with Gasteiger partial charge in [-0.05, 0) is 27.2 Å². The molecule has 0 unspecified atom stereocenters. The molecule has 1 amide bonds. The fourth-order valence-electron chi connectivity index (χ4n) is 2.45. The maximum atomic E-state index is 11.8. The largest absolute Gasteiger partial charge is 0.356 e. The number of carbonyl (C=O) groups is 1. The van der Waals surface area contributed by atoms with Crippen LogP contribution in [0.5, 0.6) is 0 Å². The summed E-state index contributed by atoms with van der Waals surface area (Å²) in [6.45, 7) is 11.0. The van der Waals surface area contributed by atoms with Crippen molar-refractivity contribution < 1.29 is 4.79 Å². The second-order valence-electron chi connectivity index (χ2n) is 5.82. The van der Waals surface area contributed by atoms with Gasteiger partial charge in [0.05, 0.1) is 6.54 Å². The number of aliphatic imine (C=N–C) groups is 1. The number of amides is 1. The number of rotatable bonds is 6. The van der Waals surface area contributed by atoms with Crippen molar-refractivity contribution in [2.45, 2.75) is 33.2 Å². The third-order valence-electron chi connectivity index (χ3n) is 3.53. The number of nitrogens with one attached hydrogen (secondary N) is 2. The van der Waals surface area contributed by atoms with Crippen LogP contribution in [-0.2, 0) is 4.79 Å². The molecule has 1 heterocycles. The molecule has 0 aromatic rings. The fraction of sp³-hybridized carbons (Fsp3) is 0.750. The second-order valence-corrected chi connectivity index (χ2v) is 5.82. The van der Waals surface area contributed by atoms with E-state index in [0.29, 0.717) is 6.54 Å². The lowest BCUT2D eigenvalue weighted by molar-refractivity contribution is -0.123. The van der Waals surface area contributed by atoms with Crippen LogP contribution in [0.4, 0.5) is 0 Å². The van der Waals surface area contributed by atoms with Gasteiger partial charge in [-0.1, -0.05) is 12.2 Å². The molecule has 1 aliphatic heterocycles. The number of piperazine rings is 1. The lowest BCUT2D eigenvalue weighted by Crippen LogP contribution is -2.54. The van der Waals surface area contributed by atoms with Gasteiger partial charge in [-0.3, -0.25) is 14.7 Å². The first kappa shape index (κ1) is 22.2. The monoisotopic (exact) mass is 437 g/mol. The van der Waals surface area contributed by atoms with Crippen LogP contribution in [0.15, 0.2) is 17.1 Å². The highest BCUT2D eigenvalue weighted by Crippen LogP contribution is 2.02. The molecule has 0 saturated carbocycles. The van der Waals surface area contributed by atoms with Crippen molar-refractivity contribution in [3.8, 4) is 0 Å². The molecule has 0 spiro atoms. The average Bonchev–Trinajstić information content (AvgIpc) is 2.48. The Morgan fingerprint density at radius 3 is 2.43 bits per heavy atom. The lowest BCUT2D eigenvalue weighted by atomic mass is 10.3. The molecule has 6 nitrogen and oxygen atoms in total. The van der Waals surface area contributed by atoms with Crippen LogP contribution in [0.1, 0.15) is 27.2 Å². The summed E-state index contributed by atoms with van der Waals surface area (Å²) in [7, 11) is 1.82. The Balaban J connectivity index is 0.00000484. The van der Waals surface area contributed by atoms with Crippen LogP contribution in [0.2, 0.25) is 0 Å². The summed E-state index contributed by atoms with van der Waals surface area (Å²) in [6, 6.07) is 0.203. The number of hydrogen-bond acceptors (Lipinski definition) is 3. The first-order valence-corrected chi connectivity index (χ1v) is 8.15. The summed E-state index contributed by atoms with van der Waals surface area (Å²) >= 11 is 0. The molecule has 7 heteroatoms. The molecule has 0 radical (unpaired) electrons. The topological polar surface area (TPSA) is 60.0 Å². The predicted molar refractivity (Wildman–Crippen MR) is 107 cm³/mol.